The number of pyridine rings is 1. The van der Waals surface area contributed by atoms with Crippen molar-refractivity contribution in [1.82, 2.24) is 9.71 Å². The first-order valence-corrected chi connectivity index (χ1v) is 8.03. The highest BCUT2D eigenvalue weighted by atomic mass is 35.5. The number of hydrogen-bond donors (Lipinski definition) is 1. The monoisotopic (exact) mass is 310 g/mol. The third-order valence-electron chi connectivity index (χ3n) is 3.05. The normalized spacial score (nSPS) is 15.2. The Morgan fingerprint density at radius 1 is 1.25 bits per heavy atom. The minimum absolute atomic E-state index is 0.00593. The summed E-state index contributed by atoms with van der Waals surface area (Å²) < 4.78 is 15.0. The van der Waals surface area contributed by atoms with Gasteiger partial charge in [-0.1, -0.05) is 23.7 Å². The Labute approximate surface area is 127 Å². The zero-order valence-corrected chi connectivity index (χ0v) is 13.7. The van der Waals surface area contributed by atoms with Crippen LogP contribution in [0.1, 0.15) is 39.3 Å². The Morgan fingerprint density at radius 2 is 1.95 bits per heavy atom. The van der Waals surface area contributed by atoms with Gasteiger partial charge in [-0.25, -0.2) is 13.9 Å². The van der Waals surface area contributed by atoms with Crippen LogP contribution in [-0.2, 0) is 11.0 Å². The number of hydrogen-bond acceptors (Lipinski definition) is 2. The van der Waals surface area contributed by atoms with Crippen molar-refractivity contribution in [3.63, 3.8) is 0 Å². The molecule has 0 spiro atoms. The van der Waals surface area contributed by atoms with E-state index in [2.05, 4.69) is 15.8 Å². The summed E-state index contributed by atoms with van der Waals surface area (Å²) in [6.07, 6.45) is 1.76. The molecule has 0 aliphatic heterocycles. The van der Waals surface area contributed by atoms with Gasteiger partial charge in [0.05, 0.1) is 15.7 Å². The minimum Gasteiger partial charge on any atom is -0.244 e. The third kappa shape index (κ3) is 3.57. The standard InChI is InChI=1S/C15H19ClN2OS/c1-10(18-20(19)15(2,3)4)11-5-6-12-9-17-14(16)8-13(12)7-11/h5-10,18H,1-4H3. The maximum Gasteiger partial charge on any atom is 0.129 e. The molecule has 2 rings (SSSR count). The van der Waals surface area contributed by atoms with Crippen molar-refractivity contribution in [3.05, 3.63) is 41.2 Å². The van der Waals surface area contributed by atoms with E-state index in [9.17, 15) is 4.21 Å². The zero-order chi connectivity index (χ0) is 14.9. The van der Waals surface area contributed by atoms with Crippen LogP contribution in [0.5, 0.6) is 0 Å². The van der Waals surface area contributed by atoms with E-state index in [1.165, 1.54) is 0 Å². The smallest absolute Gasteiger partial charge is 0.129 e. The molecule has 0 aliphatic carbocycles. The molecule has 2 unspecified atom stereocenters. The van der Waals surface area contributed by atoms with Gasteiger partial charge in [-0.15, -0.1) is 0 Å². The molecule has 0 saturated carbocycles. The van der Waals surface area contributed by atoms with Gasteiger partial charge in [0.25, 0.3) is 0 Å². The number of nitrogens with zero attached hydrogens (tertiary/aromatic N) is 1. The molecule has 1 aromatic carbocycles. The second kappa shape index (κ2) is 5.80. The summed E-state index contributed by atoms with van der Waals surface area (Å²) in [6, 6.07) is 7.93. The van der Waals surface area contributed by atoms with Gasteiger partial charge in [0, 0.05) is 17.6 Å². The Kier molecular flexibility index (Phi) is 4.47. The Balaban J connectivity index is 2.26. The molecule has 108 valence electrons. The van der Waals surface area contributed by atoms with Crippen LogP contribution in [0.15, 0.2) is 30.5 Å². The summed E-state index contributed by atoms with van der Waals surface area (Å²) in [7, 11) is -1.09. The van der Waals surface area contributed by atoms with Crippen molar-refractivity contribution in [2.24, 2.45) is 0 Å². The molecule has 0 amide bonds. The molecule has 0 bridgehead atoms. The summed E-state index contributed by atoms with van der Waals surface area (Å²) in [6.45, 7) is 7.87. The lowest BCUT2D eigenvalue weighted by Crippen LogP contribution is -2.34. The van der Waals surface area contributed by atoms with Crippen molar-refractivity contribution < 1.29 is 4.21 Å². The minimum atomic E-state index is -1.09. The molecule has 1 N–H and O–H groups in total. The van der Waals surface area contributed by atoms with Crippen molar-refractivity contribution in [1.29, 1.82) is 0 Å². The second-order valence-electron chi connectivity index (χ2n) is 5.83. The molecule has 0 saturated heterocycles. The molecule has 0 fully saturated rings. The van der Waals surface area contributed by atoms with E-state index in [1.807, 2.05) is 45.9 Å². The zero-order valence-electron chi connectivity index (χ0n) is 12.1. The van der Waals surface area contributed by atoms with Gasteiger partial charge in [-0.2, -0.15) is 0 Å². The Hall–Kier alpha value is -0.970. The lowest BCUT2D eigenvalue weighted by Gasteiger charge is -2.22. The van der Waals surface area contributed by atoms with Crippen molar-refractivity contribution >= 4 is 33.4 Å². The summed E-state index contributed by atoms with van der Waals surface area (Å²) >= 11 is 5.92. The van der Waals surface area contributed by atoms with Gasteiger partial charge in [0.15, 0.2) is 0 Å². The van der Waals surface area contributed by atoms with Crippen molar-refractivity contribution in [2.45, 2.75) is 38.5 Å². The molecule has 1 heterocycles. The molecule has 5 heteroatoms. The first-order valence-electron chi connectivity index (χ1n) is 6.50. The summed E-state index contributed by atoms with van der Waals surface area (Å²) in [5, 5.41) is 2.56. The van der Waals surface area contributed by atoms with E-state index in [1.54, 1.807) is 6.20 Å². The van der Waals surface area contributed by atoms with E-state index in [-0.39, 0.29) is 10.8 Å². The molecule has 0 radical (unpaired) electrons. The second-order valence-corrected chi connectivity index (χ2v) is 8.22. The number of nitrogens with one attached hydrogen (secondary N) is 1. The van der Waals surface area contributed by atoms with Crippen LogP contribution in [0, 0.1) is 0 Å². The highest BCUT2D eigenvalue weighted by Gasteiger charge is 2.21. The number of benzene rings is 1. The molecule has 1 aromatic heterocycles. The SMILES string of the molecule is CC(NS(=O)C(C)(C)C)c1ccc2cnc(Cl)cc2c1. The molecule has 2 aromatic rings. The fourth-order valence-electron chi connectivity index (χ4n) is 1.81. The first-order chi connectivity index (χ1) is 9.27. The fourth-order valence-corrected chi connectivity index (χ4v) is 2.78. The summed E-state index contributed by atoms with van der Waals surface area (Å²) in [4.78, 5) is 4.06. The molecule has 20 heavy (non-hydrogen) atoms. The van der Waals surface area contributed by atoms with Crippen molar-refractivity contribution in [2.75, 3.05) is 0 Å². The van der Waals surface area contributed by atoms with E-state index in [4.69, 9.17) is 11.6 Å². The van der Waals surface area contributed by atoms with Gasteiger partial charge in [-0.3, -0.25) is 0 Å². The molecular weight excluding hydrogens is 292 g/mol. The lowest BCUT2D eigenvalue weighted by atomic mass is 10.1. The number of aromatic nitrogens is 1. The maximum atomic E-state index is 12.1. The van der Waals surface area contributed by atoms with E-state index < -0.39 is 11.0 Å². The highest BCUT2D eigenvalue weighted by molar-refractivity contribution is 7.84. The van der Waals surface area contributed by atoms with Crippen LogP contribution < -0.4 is 4.72 Å². The van der Waals surface area contributed by atoms with Crippen molar-refractivity contribution in [3.8, 4) is 0 Å². The average molecular weight is 311 g/mol. The fraction of sp³-hybridized carbons (Fsp3) is 0.400. The summed E-state index contributed by atoms with van der Waals surface area (Å²) in [5.74, 6) is 0. The van der Waals surface area contributed by atoms with Crippen LogP contribution in [0.2, 0.25) is 5.15 Å². The number of rotatable bonds is 3. The van der Waals surface area contributed by atoms with E-state index in [0.29, 0.717) is 5.15 Å². The molecule has 0 aliphatic rings. The first kappa shape index (κ1) is 15.4. The maximum absolute atomic E-state index is 12.1. The van der Waals surface area contributed by atoms with Crippen LogP contribution in [0.3, 0.4) is 0 Å². The number of halogens is 1. The highest BCUT2D eigenvalue weighted by Crippen LogP contribution is 2.23. The largest absolute Gasteiger partial charge is 0.244 e. The quantitative estimate of drug-likeness (QED) is 0.871. The number of fused-ring (bicyclic) bond motifs is 1. The lowest BCUT2D eigenvalue weighted by molar-refractivity contribution is 0.616. The molecule has 3 nitrogen and oxygen atoms in total. The van der Waals surface area contributed by atoms with Crippen LogP contribution in [-0.4, -0.2) is 13.9 Å². The molecule has 2 atom stereocenters. The van der Waals surface area contributed by atoms with Gasteiger partial charge >= 0.3 is 0 Å². The van der Waals surface area contributed by atoms with Crippen LogP contribution >= 0.6 is 11.6 Å². The third-order valence-corrected chi connectivity index (χ3v) is 4.94. The van der Waals surface area contributed by atoms with E-state index >= 15 is 0 Å². The van der Waals surface area contributed by atoms with Gasteiger partial charge in [-0.05, 0) is 50.8 Å². The Morgan fingerprint density at radius 3 is 2.60 bits per heavy atom. The van der Waals surface area contributed by atoms with Crippen LogP contribution in [0.4, 0.5) is 0 Å². The predicted molar refractivity (Wildman–Crippen MR) is 86.2 cm³/mol. The Bertz CT molecular complexity index is 652. The van der Waals surface area contributed by atoms with Crippen LogP contribution in [0.25, 0.3) is 10.8 Å². The predicted octanol–water partition coefficient (Wildman–Crippen LogP) is 4.00. The van der Waals surface area contributed by atoms with Gasteiger partial charge in [0.2, 0.25) is 0 Å². The van der Waals surface area contributed by atoms with Gasteiger partial charge in [0.1, 0.15) is 5.15 Å². The molecular formula is C15H19ClN2OS. The van der Waals surface area contributed by atoms with Gasteiger partial charge < -0.3 is 0 Å². The van der Waals surface area contributed by atoms with E-state index in [0.717, 1.165) is 16.3 Å². The summed E-state index contributed by atoms with van der Waals surface area (Å²) in [5.41, 5.74) is 1.08. The topological polar surface area (TPSA) is 42.0 Å². The average Bonchev–Trinajstić information content (AvgIpc) is 2.36.